The van der Waals surface area contributed by atoms with E-state index >= 15 is 0 Å². The zero-order valence-electron chi connectivity index (χ0n) is 8.86. The van der Waals surface area contributed by atoms with Crippen LogP contribution in [0.5, 0.6) is 0 Å². The number of hydrogen-bond donors (Lipinski definition) is 2. The van der Waals surface area contributed by atoms with Gasteiger partial charge in [0, 0.05) is 12.7 Å². The summed E-state index contributed by atoms with van der Waals surface area (Å²) < 4.78 is 0. The molecule has 1 atom stereocenters. The second kappa shape index (κ2) is 4.37. The van der Waals surface area contributed by atoms with E-state index in [1.807, 2.05) is 26.8 Å². The molecule has 78 valence electrons. The van der Waals surface area contributed by atoms with Crippen LogP contribution in [-0.2, 0) is 0 Å². The Balaban J connectivity index is 2.42. The van der Waals surface area contributed by atoms with Crippen molar-refractivity contribution >= 4 is 5.82 Å². The van der Waals surface area contributed by atoms with Crippen molar-refractivity contribution in [2.75, 3.05) is 11.9 Å². The van der Waals surface area contributed by atoms with Crippen molar-refractivity contribution < 1.29 is 5.11 Å². The Morgan fingerprint density at radius 2 is 2.21 bits per heavy atom. The molecule has 0 aliphatic rings. The normalized spacial score (nSPS) is 13.7. The summed E-state index contributed by atoms with van der Waals surface area (Å²) in [7, 11) is 0. The van der Waals surface area contributed by atoms with Gasteiger partial charge >= 0.3 is 0 Å². The Bertz CT molecular complexity index is 268. The van der Waals surface area contributed by atoms with Crippen LogP contribution in [-0.4, -0.2) is 28.0 Å². The molecule has 0 saturated carbocycles. The number of anilines is 1. The number of hydrogen-bond acceptors (Lipinski definition) is 4. The van der Waals surface area contributed by atoms with Crippen molar-refractivity contribution in [1.82, 2.24) is 10.2 Å². The summed E-state index contributed by atoms with van der Waals surface area (Å²) in [4.78, 5) is 0. The predicted molar refractivity (Wildman–Crippen MR) is 56.0 cm³/mol. The van der Waals surface area contributed by atoms with Crippen LogP contribution in [0.1, 0.15) is 20.8 Å². The standard InChI is InChI=1S/C10H17N3O/c1-10(2,3)8(14)7-11-9-5-4-6-12-13-9/h4-6,8,14H,7H2,1-3H3,(H,11,13). The molecule has 0 bridgehead atoms. The van der Waals surface area contributed by atoms with Crippen molar-refractivity contribution in [2.45, 2.75) is 26.9 Å². The quantitative estimate of drug-likeness (QED) is 0.763. The molecule has 0 fully saturated rings. The largest absolute Gasteiger partial charge is 0.391 e. The first kappa shape index (κ1) is 10.9. The molecule has 2 N–H and O–H groups in total. The van der Waals surface area contributed by atoms with Crippen LogP contribution in [0.4, 0.5) is 5.82 Å². The number of nitrogens with one attached hydrogen (secondary N) is 1. The zero-order valence-corrected chi connectivity index (χ0v) is 8.86. The lowest BCUT2D eigenvalue weighted by molar-refractivity contribution is 0.0745. The molecule has 0 aromatic carbocycles. The van der Waals surface area contributed by atoms with Gasteiger partial charge in [-0.25, -0.2) is 0 Å². The Morgan fingerprint density at radius 1 is 1.50 bits per heavy atom. The molecule has 0 amide bonds. The fourth-order valence-corrected chi connectivity index (χ4v) is 0.903. The van der Waals surface area contributed by atoms with Crippen LogP contribution < -0.4 is 5.32 Å². The van der Waals surface area contributed by atoms with Gasteiger partial charge in [0.2, 0.25) is 0 Å². The van der Waals surface area contributed by atoms with E-state index in [9.17, 15) is 5.11 Å². The number of aliphatic hydroxyl groups is 1. The van der Waals surface area contributed by atoms with Crippen LogP contribution in [0.3, 0.4) is 0 Å². The smallest absolute Gasteiger partial charge is 0.148 e. The topological polar surface area (TPSA) is 58.0 Å². The first-order valence-electron chi connectivity index (χ1n) is 4.70. The molecule has 14 heavy (non-hydrogen) atoms. The average Bonchev–Trinajstić information content (AvgIpc) is 2.14. The number of nitrogens with zero attached hydrogens (tertiary/aromatic N) is 2. The summed E-state index contributed by atoms with van der Waals surface area (Å²) in [6, 6.07) is 3.63. The molecular formula is C10H17N3O. The van der Waals surface area contributed by atoms with Crippen molar-refractivity contribution in [3.63, 3.8) is 0 Å². The molecule has 4 nitrogen and oxygen atoms in total. The fourth-order valence-electron chi connectivity index (χ4n) is 0.903. The van der Waals surface area contributed by atoms with Crippen molar-refractivity contribution in [2.24, 2.45) is 5.41 Å². The fraction of sp³-hybridized carbons (Fsp3) is 0.600. The van der Waals surface area contributed by atoms with Crippen molar-refractivity contribution in [1.29, 1.82) is 0 Å². The van der Waals surface area contributed by atoms with E-state index in [2.05, 4.69) is 15.5 Å². The molecule has 0 aliphatic heterocycles. The number of aliphatic hydroxyl groups excluding tert-OH is 1. The second-order valence-electron chi connectivity index (χ2n) is 4.37. The van der Waals surface area contributed by atoms with Gasteiger partial charge in [-0.2, -0.15) is 5.10 Å². The molecule has 1 heterocycles. The highest BCUT2D eigenvalue weighted by Gasteiger charge is 2.21. The van der Waals surface area contributed by atoms with E-state index in [0.717, 1.165) is 0 Å². The molecule has 0 saturated heterocycles. The van der Waals surface area contributed by atoms with Gasteiger partial charge in [-0.3, -0.25) is 0 Å². The van der Waals surface area contributed by atoms with E-state index in [0.29, 0.717) is 12.4 Å². The summed E-state index contributed by atoms with van der Waals surface area (Å²) >= 11 is 0. The average molecular weight is 195 g/mol. The Kier molecular flexibility index (Phi) is 3.41. The molecule has 1 unspecified atom stereocenters. The molecule has 1 aromatic rings. The summed E-state index contributed by atoms with van der Waals surface area (Å²) in [5, 5.41) is 20.4. The van der Waals surface area contributed by atoms with Crippen molar-refractivity contribution in [3.05, 3.63) is 18.3 Å². The monoisotopic (exact) mass is 195 g/mol. The highest BCUT2D eigenvalue weighted by Crippen LogP contribution is 2.18. The van der Waals surface area contributed by atoms with Gasteiger partial charge in [-0.05, 0) is 17.5 Å². The lowest BCUT2D eigenvalue weighted by Gasteiger charge is -2.25. The van der Waals surface area contributed by atoms with Gasteiger partial charge in [0.05, 0.1) is 6.10 Å². The first-order chi connectivity index (χ1) is 6.50. The van der Waals surface area contributed by atoms with Crippen LogP contribution in [0.15, 0.2) is 18.3 Å². The van der Waals surface area contributed by atoms with Crippen LogP contribution in [0, 0.1) is 5.41 Å². The van der Waals surface area contributed by atoms with Gasteiger partial charge in [0.15, 0.2) is 0 Å². The Morgan fingerprint density at radius 3 is 2.71 bits per heavy atom. The highest BCUT2D eigenvalue weighted by atomic mass is 16.3. The summed E-state index contributed by atoms with van der Waals surface area (Å²) in [6.07, 6.45) is 1.22. The maximum Gasteiger partial charge on any atom is 0.148 e. The van der Waals surface area contributed by atoms with E-state index < -0.39 is 6.10 Å². The second-order valence-corrected chi connectivity index (χ2v) is 4.37. The lowest BCUT2D eigenvalue weighted by atomic mass is 9.89. The van der Waals surface area contributed by atoms with Gasteiger partial charge in [-0.15, -0.1) is 5.10 Å². The van der Waals surface area contributed by atoms with Crippen LogP contribution >= 0.6 is 0 Å². The third kappa shape index (κ3) is 3.30. The van der Waals surface area contributed by atoms with Gasteiger partial charge in [0.1, 0.15) is 5.82 Å². The lowest BCUT2D eigenvalue weighted by Crippen LogP contribution is -2.33. The minimum absolute atomic E-state index is 0.116. The Labute approximate surface area is 84.4 Å². The summed E-state index contributed by atoms with van der Waals surface area (Å²) in [5.74, 6) is 0.691. The maximum atomic E-state index is 9.74. The molecular weight excluding hydrogens is 178 g/mol. The molecule has 1 rings (SSSR count). The van der Waals surface area contributed by atoms with Gasteiger partial charge in [0.25, 0.3) is 0 Å². The third-order valence-corrected chi connectivity index (χ3v) is 2.05. The summed E-state index contributed by atoms with van der Waals surface area (Å²) in [5.41, 5.74) is -0.116. The minimum Gasteiger partial charge on any atom is -0.391 e. The molecule has 0 radical (unpaired) electrons. The van der Waals surface area contributed by atoms with Crippen LogP contribution in [0.2, 0.25) is 0 Å². The van der Waals surface area contributed by atoms with E-state index in [-0.39, 0.29) is 5.41 Å². The van der Waals surface area contributed by atoms with Gasteiger partial charge < -0.3 is 10.4 Å². The van der Waals surface area contributed by atoms with E-state index in [1.165, 1.54) is 0 Å². The minimum atomic E-state index is -0.399. The maximum absolute atomic E-state index is 9.74. The zero-order chi connectivity index (χ0) is 10.6. The molecule has 1 aromatic heterocycles. The summed E-state index contributed by atoms with van der Waals surface area (Å²) in [6.45, 7) is 6.48. The predicted octanol–water partition coefficient (Wildman–Crippen LogP) is 1.30. The number of aromatic nitrogens is 2. The SMILES string of the molecule is CC(C)(C)C(O)CNc1cccnn1. The third-order valence-electron chi connectivity index (χ3n) is 2.05. The van der Waals surface area contributed by atoms with Crippen LogP contribution in [0.25, 0.3) is 0 Å². The molecule has 4 heteroatoms. The molecule has 0 aliphatic carbocycles. The Hall–Kier alpha value is -1.16. The van der Waals surface area contributed by atoms with Crippen molar-refractivity contribution in [3.8, 4) is 0 Å². The van der Waals surface area contributed by atoms with E-state index in [4.69, 9.17) is 0 Å². The van der Waals surface area contributed by atoms with Gasteiger partial charge in [-0.1, -0.05) is 20.8 Å². The number of rotatable bonds is 3. The first-order valence-corrected chi connectivity index (χ1v) is 4.70. The molecule has 0 spiro atoms. The van der Waals surface area contributed by atoms with E-state index in [1.54, 1.807) is 12.3 Å². The highest BCUT2D eigenvalue weighted by molar-refractivity contribution is 5.31.